The maximum atomic E-state index is 12.5. The van der Waals surface area contributed by atoms with Gasteiger partial charge in [-0.25, -0.2) is 8.42 Å². The molecule has 0 bridgehead atoms. The second-order valence-corrected chi connectivity index (χ2v) is 5.13. The largest absolute Gasteiger partial charge is 0.417 e. The van der Waals surface area contributed by atoms with Crippen molar-refractivity contribution >= 4 is 15.5 Å². The van der Waals surface area contributed by atoms with E-state index >= 15 is 0 Å². The third kappa shape index (κ3) is 2.73. The molecule has 0 aliphatic carbocycles. The molecular weight excluding hydrogens is 263 g/mol. The first-order chi connectivity index (χ1) is 7.55. The van der Waals surface area contributed by atoms with Gasteiger partial charge in [-0.15, -0.1) is 0 Å². The molecule has 0 fully saturated rings. The maximum Gasteiger partial charge on any atom is 0.417 e. The highest BCUT2D eigenvalue weighted by Gasteiger charge is 2.40. The van der Waals surface area contributed by atoms with Crippen LogP contribution < -0.4 is 0 Å². The van der Waals surface area contributed by atoms with Crippen LogP contribution in [0.1, 0.15) is 5.56 Å². The van der Waals surface area contributed by atoms with E-state index in [-0.39, 0.29) is 0 Å². The molecule has 0 heterocycles. The first kappa shape index (κ1) is 13.4. The zero-order chi connectivity index (χ0) is 13.4. The van der Waals surface area contributed by atoms with Crippen LogP contribution >= 0.6 is 0 Å². The summed E-state index contributed by atoms with van der Waals surface area (Å²) in [5, 5.41) is 10.5. The Hall–Kier alpha value is -1.64. The molecule has 0 N–H and O–H groups in total. The number of hydrogen-bond donors (Lipinski definition) is 0. The molecule has 17 heavy (non-hydrogen) atoms. The van der Waals surface area contributed by atoms with Crippen molar-refractivity contribution in [1.29, 1.82) is 0 Å². The summed E-state index contributed by atoms with van der Waals surface area (Å²) in [5.41, 5.74) is -2.61. The summed E-state index contributed by atoms with van der Waals surface area (Å²) in [6.07, 6.45) is -4.48. The van der Waals surface area contributed by atoms with Gasteiger partial charge in [-0.05, 0) is 6.07 Å². The molecule has 0 amide bonds. The minimum absolute atomic E-state index is 0.489. The number of nitro benzene ring substituents is 1. The van der Waals surface area contributed by atoms with Crippen LogP contribution in [0.4, 0.5) is 18.9 Å². The molecule has 0 saturated heterocycles. The topological polar surface area (TPSA) is 77.3 Å². The molecule has 0 unspecified atom stereocenters. The van der Waals surface area contributed by atoms with Crippen molar-refractivity contribution in [2.24, 2.45) is 0 Å². The first-order valence-electron chi connectivity index (χ1n) is 4.10. The van der Waals surface area contributed by atoms with E-state index in [0.29, 0.717) is 18.4 Å². The molecule has 1 aromatic carbocycles. The predicted molar refractivity (Wildman–Crippen MR) is 51.2 cm³/mol. The molecule has 0 saturated carbocycles. The Morgan fingerprint density at radius 2 is 1.82 bits per heavy atom. The lowest BCUT2D eigenvalue weighted by molar-refractivity contribution is -0.388. The number of halogens is 3. The van der Waals surface area contributed by atoms with Gasteiger partial charge in [-0.1, -0.05) is 6.07 Å². The summed E-state index contributed by atoms with van der Waals surface area (Å²) in [6.45, 7) is 0. The van der Waals surface area contributed by atoms with Gasteiger partial charge in [0.25, 0.3) is 5.69 Å². The average molecular weight is 269 g/mol. The summed E-state index contributed by atoms with van der Waals surface area (Å²) in [4.78, 5) is 8.05. The van der Waals surface area contributed by atoms with Crippen LogP contribution in [0.25, 0.3) is 0 Å². The number of sulfone groups is 1. The lowest BCUT2D eigenvalue weighted by Gasteiger charge is -2.11. The monoisotopic (exact) mass is 269 g/mol. The SMILES string of the molecule is CS(=O)(=O)c1c([N+](=O)[O-])cccc1C(F)(F)F. The molecule has 0 radical (unpaired) electrons. The van der Waals surface area contributed by atoms with E-state index in [4.69, 9.17) is 0 Å². The maximum absolute atomic E-state index is 12.5. The van der Waals surface area contributed by atoms with Gasteiger partial charge in [-0.2, -0.15) is 13.2 Å². The highest BCUT2D eigenvalue weighted by Crippen LogP contribution is 2.38. The van der Waals surface area contributed by atoms with Crippen molar-refractivity contribution in [2.75, 3.05) is 6.26 Å². The summed E-state index contributed by atoms with van der Waals surface area (Å²) >= 11 is 0. The van der Waals surface area contributed by atoms with Gasteiger partial charge in [0.1, 0.15) is 0 Å². The van der Waals surface area contributed by atoms with E-state index < -0.39 is 37.1 Å². The van der Waals surface area contributed by atoms with Crippen LogP contribution in [0.3, 0.4) is 0 Å². The van der Waals surface area contributed by atoms with E-state index in [1.807, 2.05) is 0 Å². The van der Waals surface area contributed by atoms with Gasteiger partial charge < -0.3 is 0 Å². The third-order valence-electron chi connectivity index (χ3n) is 1.87. The van der Waals surface area contributed by atoms with Gasteiger partial charge in [-0.3, -0.25) is 10.1 Å². The Morgan fingerprint density at radius 3 is 2.18 bits per heavy atom. The van der Waals surface area contributed by atoms with E-state index in [9.17, 15) is 31.7 Å². The summed E-state index contributed by atoms with van der Waals surface area (Å²) in [7, 11) is -4.35. The predicted octanol–water partition coefficient (Wildman–Crippen LogP) is 2.02. The van der Waals surface area contributed by atoms with Crippen molar-refractivity contribution in [3.63, 3.8) is 0 Å². The zero-order valence-electron chi connectivity index (χ0n) is 8.35. The second kappa shape index (κ2) is 3.99. The molecule has 1 rings (SSSR count). The molecule has 0 atom stereocenters. The lowest BCUT2D eigenvalue weighted by Crippen LogP contribution is -2.14. The fourth-order valence-electron chi connectivity index (χ4n) is 1.28. The second-order valence-electron chi connectivity index (χ2n) is 3.18. The standard InChI is InChI=1S/C8H6F3NO4S/c1-17(15,16)7-5(8(9,10)11)3-2-4-6(7)12(13)14/h2-4H,1H3. The number of hydrogen-bond acceptors (Lipinski definition) is 4. The zero-order valence-corrected chi connectivity index (χ0v) is 9.17. The van der Waals surface area contributed by atoms with Gasteiger partial charge in [0.15, 0.2) is 14.7 Å². The molecule has 0 aliphatic rings. The van der Waals surface area contributed by atoms with Crippen molar-refractivity contribution in [1.82, 2.24) is 0 Å². The minimum atomic E-state index is -4.97. The number of benzene rings is 1. The molecule has 0 aliphatic heterocycles. The van der Waals surface area contributed by atoms with Gasteiger partial charge in [0, 0.05) is 12.3 Å². The fourth-order valence-corrected chi connectivity index (χ4v) is 2.39. The van der Waals surface area contributed by atoms with Crippen LogP contribution in [0.15, 0.2) is 23.1 Å². The van der Waals surface area contributed by atoms with E-state index in [2.05, 4.69) is 0 Å². The lowest BCUT2D eigenvalue weighted by atomic mass is 10.2. The molecule has 0 spiro atoms. The molecule has 1 aromatic rings. The Balaban J connectivity index is 3.77. The van der Waals surface area contributed by atoms with E-state index in [1.54, 1.807) is 0 Å². The molecule has 0 aromatic heterocycles. The van der Waals surface area contributed by atoms with Crippen LogP contribution in [0, 0.1) is 10.1 Å². The van der Waals surface area contributed by atoms with Gasteiger partial charge >= 0.3 is 6.18 Å². The van der Waals surface area contributed by atoms with Gasteiger partial charge in [0.2, 0.25) is 0 Å². The van der Waals surface area contributed by atoms with Crippen molar-refractivity contribution in [2.45, 2.75) is 11.1 Å². The summed E-state index contributed by atoms with van der Waals surface area (Å²) in [5.74, 6) is 0. The molecule has 5 nitrogen and oxygen atoms in total. The fraction of sp³-hybridized carbons (Fsp3) is 0.250. The Bertz CT molecular complexity index is 565. The number of rotatable bonds is 2. The first-order valence-corrected chi connectivity index (χ1v) is 5.99. The Kier molecular flexibility index (Phi) is 3.15. The number of alkyl halides is 3. The average Bonchev–Trinajstić information content (AvgIpc) is 2.13. The highest BCUT2D eigenvalue weighted by atomic mass is 32.2. The van der Waals surface area contributed by atoms with Crippen molar-refractivity contribution in [3.05, 3.63) is 33.9 Å². The van der Waals surface area contributed by atoms with Crippen molar-refractivity contribution in [3.8, 4) is 0 Å². The minimum Gasteiger partial charge on any atom is -0.258 e. The Morgan fingerprint density at radius 1 is 1.29 bits per heavy atom. The number of nitrogens with zero attached hydrogens (tertiary/aromatic N) is 1. The molecule has 9 heteroatoms. The van der Waals surface area contributed by atoms with Crippen LogP contribution in [-0.4, -0.2) is 19.6 Å². The van der Waals surface area contributed by atoms with E-state index in [1.165, 1.54) is 0 Å². The summed E-state index contributed by atoms with van der Waals surface area (Å²) in [6, 6.07) is 1.99. The van der Waals surface area contributed by atoms with Crippen LogP contribution in [0.2, 0.25) is 0 Å². The quantitative estimate of drug-likeness (QED) is 0.607. The molecule has 94 valence electrons. The highest BCUT2D eigenvalue weighted by molar-refractivity contribution is 7.91. The summed E-state index contributed by atoms with van der Waals surface area (Å²) < 4.78 is 60.0. The number of nitro groups is 1. The van der Waals surface area contributed by atoms with Crippen LogP contribution in [-0.2, 0) is 16.0 Å². The van der Waals surface area contributed by atoms with Crippen LogP contribution in [0.5, 0.6) is 0 Å². The van der Waals surface area contributed by atoms with E-state index in [0.717, 1.165) is 6.07 Å². The Labute approximate surface area is 93.9 Å². The van der Waals surface area contributed by atoms with Crippen molar-refractivity contribution < 1.29 is 26.5 Å². The van der Waals surface area contributed by atoms with Gasteiger partial charge in [0.05, 0.1) is 10.5 Å². The smallest absolute Gasteiger partial charge is 0.258 e. The normalized spacial score (nSPS) is 12.5. The molecular formula is C8H6F3NO4S. The third-order valence-corrected chi connectivity index (χ3v) is 3.04.